The quantitative estimate of drug-likeness (QED) is 0.614. The van der Waals surface area contributed by atoms with Gasteiger partial charge in [-0.25, -0.2) is 9.78 Å². The zero-order valence-electron chi connectivity index (χ0n) is 19.1. The predicted octanol–water partition coefficient (Wildman–Crippen LogP) is 5.18. The van der Waals surface area contributed by atoms with E-state index in [9.17, 15) is 4.79 Å². The van der Waals surface area contributed by atoms with Crippen molar-refractivity contribution in [1.29, 1.82) is 0 Å². The Bertz CT molecular complexity index is 914. The van der Waals surface area contributed by atoms with Crippen LogP contribution in [0.2, 0.25) is 5.02 Å². The van der Waals surface area contributed by atoms with Crippen LogP contribution in [0, 0.1) is 23.7 Å². The van der Waals surface area contributed by atoms with Crippen molar-refractivity contribution < 1.29 is 9.53 Å². The number of carbonyl (C=O) groups excluding carboxylic acids is 1. The molecule has 2 saturated heterocycles. The molecule has 0 unspecified atom stereocenters. The van der Waals surface area contributed by atoms with Crippen LogP contribution in [0.15, 0.2) is 0 Å². The van der Waals surface area contributed by atoms with E-state index in [4.69, 9.17) is 21.3 Å². The van der Waals surface area contributed by atoms with Crippen LogP contribution in [0.3, 0.4) is 0 Å². The number of hydrogen-bond acceptors (Lipinski definition) is 4. The second-order valence-corrected chi connectivity index (χ2v) is 12.1. The zero-order chi connectivity index (χ0) is 21.6. The fourth-order valence-electron chi connectivity index (χ4n) is 6.16. The Kier molecular flexibility index (Phi) is 4.27. The molecule has 2 bridgehead atoms. The molecular weight excluding hydrogens is 398 g/mol. The van der Waals surface area contributed by atoms with Gasteiger partial charge in [-0.2, -0.15) is 0 Å². The summed E-state index contributed by atoms with van der Waals surface area (Å²) < 4.78 is 5.53. The number of nitrogens with zero attached hydrogens (tertiary/aromatic N) is 3. The van der Waals surface area contributed by atoms with Crippen LogP contribution in [-0.2, 0) is 11.2 Å². The molecule has 1 aromatic heterocycles. The molecule has 164 valence electrons. The number of ether oxygens (including phenoxy) is 1. The molecule has 0 radical (unpaired) electrons. The molecule has 5 nitrogen and oxygen atoms in total. The van der Waals surface area contributed by atoms with E-state index < -0.39 is 5.60 Å². The first-order chi connectivity index (χ1) is 13.9. The van der Waals surface area contributed by atoms with E-state index in [2.05, 4.69) is 25.7 Å². The first kappa shape index (κ1) is 20.4. The Morgan fingerprint density at radius 2 is 1.93 bits per heavy atom. The molecule has 3 heterocycles. The van der Waals surface area contributed by atoms with Crippen molar-refractivity contribution in [2.75, 3.05) is 31.1 Å². The van der Waals surface area contributed by atoms with Crippen LogP contribution >= 0.6 is 11.6 Å². The second-order valence-electron chi connectivity index (χ2n) is 11.8. The maximum atomic E-state index is 12.4. The summed E-state index contributed by atoms with van der Waals surface area (Å²) in [4.78, 5) is 21.8. The third kappa shape index (κ3) is 2.95. The summed E-state index contributed by atoms with van der Waals surface area (Å²) in [6, 6.07) is 0. The third-order valence-corrected chi connectivity index (χ3v) is 8.67. The Hall–Kier alpha value is -1.49. The molecule has 2 atom stereocenters. The number of aromatic nitrogens is 1. The topological polar surface area (TPSA) is 45.7 Å². The Labute approximate surface area is 185 Å². The molecule has 3 aliphatic carbocycles. The maximum Gasteiger partial charge on any atom is 0.410 e. The molecule has 6 heteroatoms. The second kappa shape index (κ2) is 6.27. The normalized spacial score (nSPS) is 28.1. The maximum absolute atomic E-state index is 12.4. The third-order valence-electron chi connectivity index (χ3n) is 8.16. The smallest absolute Gasteiger partial charge is 0.410 e. The molecule has 0 N–H and O–H groups in total. The van der Waals surface area contributed by atoms with E-state index in [1.54, 1.807) is 0 Å². The van der Waals surface area contributed by atoms with Gasteiger partial charge in [0.1, 0.15) is 11.4 Å². The van der Waals surface area contributed by atoms with Crippen molar-refractivity contribution in [3.8, 4) is 0 Å². The minimum Gasteiger partial charge on any atom is -0.444 e. The number of pyridine rings is 1. The largest absolute Gasteiger partial charge is 0.444 e. The predicted molar refractivity (Wildman–Crippen MR) is 119 cm³/mol. The highest BCUT2D eigenvalue weighted by atomic mass is 35.5. The fraction of sp³-hybridized carbons (Fsp3) is 0.750. The van der Waals surface area contributed by atoms with E-state index >= 15 is 0 Å². The van der Waals surface area contributed by atoms with Crippen molar-refractivity contribution >= 4 is 23.5 Å². The molecule has 5 aliphatic rings. The number of anilines is 1. The fourth-order valence-corrected chi connectivity index (χ4v) is 6.42. The zero-order valence-corrected chi connectivity index (χ0v) is 19.9. The molecule has 1 amide bonds. The van der Waals surface area contributed by atoms with Crippen LogP contribution < -0.4 is 4.90 Å². The Balaban J connectivity index is 1.33. The van der Waals surface area contributed by atoms with Gasteiger partial charge in [-0.15, -0.1) is 0 Å². The van der Waals surface area contributed by atoms with Gasteiger partial charge in [-0.3, -0.25) is 0 Å². The molecule has 0 aromatic carbocycles. The highest BCUT2D eigenvalue weighted by Crippen LogP contribution is 2.63. The van der Waals surface area contributed by atoms with Gasteiger partial charge in [-0.1, -0.05) is 25.4 Å². The Morgan fingerprint density at radius 3 is 2.57 bits per heavy atom. The van der Waals surface area contributed by atoms with Crippen molar-refractivity contribution in [2.24, 2.45) is 16.7 Å². The van der Waals surface area contributed by atoms with E-state index in [0.717, 1.165) is 61.3 Å². The summed E-state index contributed by atoms with van der Waals surface area (Å²) in [5, 5.41) is 0.935. The molecule has 1 saturated carbocycles. The highest BCUT2D eigenvalue weighted by molar-refractivity contribution is 6.32. The van der Waals surface area contributed by atoms with Crippen molar-refractivity contribution in [1.82, 2.24) is 9.88 Å². The van der Waals surface area contributed by atoms with Crippen LogP contribution in [-0.4, -0.2) is 47.8 Å². The lowest BCUT2D eigenvalue weighted by Gasteiger charge is -2.56. The lowest BCUT2D eigenvalue weighted by atomic mass is 9.48. The van der Waals surface area contributed by atoms with E-state index in [1.807, 2.05) is 25.7 Å². The molecule has 3 fully saturated rings. The summed E-state index contributed by atoms with van der Waals surface area (Å²) in [7, 11) is 0. The van der Waals surface area contributed by atoms with Crippen LogP contribution in [0.1, 0.15) is 70.2 Å². The lowest BCUT2D eigenvalue weighted by Crippen LogP contribution is -2.60. The highest BCUT2D eigenvalue weighted by Gasteiger charge is 2.55. The first-order valence-corrected chi connectivity index (χ1v) is 11.7. The molecule has 1 spiro atoms. The summed E-state index contributed by atoms with van der Waals surface area (Å²) in [6.07, 6.45) is 3.21. The van der Waals surface area contributed by atoms with Gasteiger partial charge in [0.15, 0.2) is 0 Å². The average Bonchev–Trinajstić information content (AvgIpc) is 3.06. The van der Waals surface area contributed by atoms with Crippen molar-refractivity contribution in [3.63, 3.8) is 0 Å². The first-order valence-electron chi connectivity index (χ1n) is 11.3. The van der Waals surface area contributed by atoms with Crippen molar-refractivity contribution in [2.45, 2.75) is 72.3 Å². The van der Waals surface area contributed by atoms with E-state index in [-0.39, 0.29) is 11.5 Å². The van der Waals surface area contributed by atoms with Crippen LogP contribution in [0.25, 0.3) is 0 Å². The summed E-state index contributed by atoms with van der Waals surface area (Å²) >= 11 is 6.88. The summed E-state index contributed by atoms with van der Waals surface area (Å²) in [5.74, 6) is 2.34. The van der Waals surface area contributed by atoms with Gasteiger partial charge in [0.05, 0.1) is 10.7 Å². The molecule has 30 heavy (non-hydrogen) atoms. The number of rotatable bonds is 1. The number of hydrogen-bond donors (Lipinski definition) is 0. The number of carbonyl (C=O) groups is 1. The van der Waals surface area contributed by atoms with Gasteiger partial charge in [0, 0.05) is 43.1 Å². The van der Waals surface area contributed by atoms with Gasteiger partial charge < -0.3 is 14.5 Å². The standard InChI is InChI=1S/C24H34ClN3O2/c1-14-18(25)16-9-15-10-17(23(15,5)6)19(16)26-20(14)27-8-7-24(11-27)12-28(13-24)21(29)30-22(2,3)4/h15,17H,7-13H2,1-6H3/t15-,17-/m0/s1. The van der Waals surface area contributed by atoms with Gasteiger partial charge in [0.2, 0.25) is 0 Å². The summed E-state index contributed by atoms with van der Waals surface area (Å²) in [6.45, 7) is 16.1. The molecular formula is C24H34ClN3O2. The monoisotopic (exact) mass is 431 g/mol. The van der Waals surface area contributed by atoms with Gasteiger partial charge in [-0.05, 0) is 63.9 Å². The van der Waals surface area contributed by atoms with E-state index in [1.165, 1.54) is 17.7 Å². The van der Waals surface area contributed by atoms with Crippen LogP contribution in [0.4, 0.5) is 10.6 Å². The number of likely N-dealkylation sites (tertiary alicyclic amines) is 1. The SMILES string of the molecule is Cc1c(N2CCC3(CN(C(=O)OC(C)(C)C)C3)C2)nc2c(c1Cl)C[C@H]1C[C@@H]2C1(C)C. The lowest BCUT2D eigenvalue weighted by molar-refractivity contribution is -0.0266. The minimum atomic E-state index is -0.448. The Morgan fingerprint density at radius 1 is 1.23 bits per heavy atom. The van der Waals surface area contributed by atoms with Crippen molar-refractivity contribution in [3.05, 3.63) is 21.8 Å². The van der Waals surface area contributed by atoms with Gasteiger partial charge in [0.25, 0.3) is 0 Å². The number of amides is 1. The molecule has 1 aromatic rings. The number of halogens is 1. The molecule has 2 aliphatic heterocycles. The van der Waals surface area contributed by atoms with Crippen LogP contribution in [0.5, 0.6) is 0 Å². The molecule has 6 rings (SSSR count). The minimum absolute atomic E-state index is 0.161. The average molecular weight is 432 g/mol. The van der Waals surface area contributed by atoms with Gasteiger partial charge >= 0.3 is 6.09 Å². The summed E-state index contributed by atoms with van der Waals surface area (Å²) in [5.41, 5.74) is 3.72. The van der Waals surface area contributed by atoms with E-state index in [0.29, 0.717) is 11.3 Å².